The normalized spacial score (nSPS) is 23.3. The molecule has 0 saturated carbocycles. The Morgan fingerprint density at radius 1 is 1.23 bits per heavy atom. The molecule has 1 aliphatic heterocycles. The van der Waals surface area contributed by atoms with Gasteiger partial charge in [-0.1, -0.05) is 11.8 Å². The fourth-order valence-electron chi connectivity index (χ4n) is 3.10. The predicted octanol–water partition coefficient (Wildman–Crippen LogP) is -1.03. The van der Waals surface area contributed by atoms with Gasteiger partial charge >= 0.3 is 6.03 Å². The number of urea groups is 1. The summed E-state index contributed by atoms with van der Waals surface area (Å²) >= 11 is 1.20. The molecule has 31 heavy (non-hydrogen) atoms. The van der Waals surface area contributed by atoms with E-state index < -0.39 is 43.1 Å². The Bertz CT molecular complexity index is 941. The van der Waals surface area contributed by atoms with Gasteiger partial charge in [0.25, 0.3) is 0 Å². The number of nitrogens with zero attached hydrogens (tertiary/aromatic N) is 4. The van der Waals surface area contributed by atoms with Crippen LogP contribution in [0.3, 0.4) is 0 Å². The lowest BCUT2D eigenvalue weighted by Crippen LogP contribution is -2.34. The number of imide groups is 1. The van der Waals surface area contributed by atoms with E-state index >= 15 is 0 Å². The summed E-state index contributed by atoms with van der Waals surface area (Å²) in [5, 5.41) is 43.3. The van der Waals surface area contributed by atoms with Gasteiger partial charge in [0.2, 0.25) is 5.91 Å². The van der Waals surface area contributed by atoms with Crippen molar-refractivity contribution >= 4 is 40.7 Å². The SMILES string of the molecule is CSc1nc(NC(=O)NC(=O)CCCCO)c2ncn([C@@H]3O[C@H](CO)[C@@H](O)[C@H]3O)c2n1. The van der Waals surface area contributed by atoms with E-state index in [1.165, 1.54) is 22.7 Å². The van der Waals surface area contributed by atoms with E-state index in [4.69, 9.17) is 9.84 Å². The number of aromatic nitrogens is 4. The highest BCUT2D eigenvalue weighted by molar-refractivity contribution is 7.98. The van der Waals surface area contributed by atoms with Crippen LogP contribution in [0.25, 0.3) is 11.2 Å². The number of anilines is 1. The van der Waals surface area contributed by atoms with Crippen molar-refractivity contribution in [3.8, 4) is 0 Å². The molecule has 1 fully saturated rings. The Morgan fingerprint density at radius 3 is 2.65 bits per heavy atom. The van der Waals surface area contributed by atoms with E-state index in [-0.39, 0.29) is 35.2 Å². The minimum Gasteiger partial charge on any atom is -0.396 e. The van der Waals surface area contributed by atoms with Gasteiger partial charge in [-0.15, -0.1) is 0 Å². The van der Waals surface area contributed by atoms with Crippen molar-refractivity contribution in [3.63, 3.8) is 0 Å². The first-order valence-electron chi connectivity index (χ1n) is 9.52. The molecule has 170 valence electrons. The number of unbranched alkanes of at least 4 members (excludes halogenated alkanes) is 1. The minimum absolute atomic E-state index is 0.0337. The highest BCUT2D eigenvalue weighted by atomic mass is 32.2. The number of hydrogen-bond donors (Lipinski definition) is 6. The van der Waals surface area contributed by atoms with Gasteiger partial charge in [-0.3, -0.25) is 20.0 Å². The molecule has 2 aromatic heterocycles. The molecule has 13 nitrogen and oxygen atoms in total. The predicted molar refractivity (Wildman–Crippen MR) is 108 cm³/mol. The van der Waals surface area contributed by atoms with Crippen molar-refractivity contribution in [1.82, 2.24) is 24.8 Å². The average Bonchev–Trinajstić information content (AvgIpc) is 3.29. The van der Waals surface area contributed by atoms with Gasteiger partial charge in [-0.2, -0.15) is 0 Å². The fourth-order valence-corrected chi connectivity index (χ4v) is 3.46. The molecule has 0 radical (unpaired) electrons. The Morgan fingerprint density at radius 2 is 2.00 bits per heavy atom. The topological polar surface area (TPSA) is 192 Å². The summed E-state index contributed by atoms with van der Waals surface area (Å²) in [6.45, 7) is -0.514. The Balaban J connectivity index is 1.83. The van der Waals surface area contributed by atoms with E-state index in [2.05, 4.69) is 25.6 Å². The van der Waals surface area contributed by atoms with E-state index in [1.807, 2.05) is 0 Å². The summed E-state index contributed by atoms with van der Waals surface area (Å²) in [6, 6.07) is -0.802. The van der Waals surface area contributed by atoms with Crippen LogP contribution in [0.15, 0.2) is 11.5 Å². The van der Waals surface area contributed by atoms with Crippen LogP contribution in [-0.4, -0.2) is 89.7 Å². The second kappa shape index (κ2) is 10.3. The first-order valence-corrected chi connectivity index (χ1v) is 10.7. The number of aliphatic hydroxyl groups is 4. The fraction of sp³-hybridized carbons (Fsp3) is 0.588. The number of rotatable bonds is 8. The minimum atomic E-state index is -1.33. The lowest BCUT2D eigenvalue weighted by Gasteiger charge is -2.17. The quantitative estimate of drug-likeness (QED) is 0.162. The molecule has 0 unspecified atom stereocenters. The molecular weight excluding hydrogens is 432 g/mol. The van der Waals surface area contributed by atoms with Gasteiger partial charge in [0.15, 0.2) is 28.4 Å². The van der Waals surface area contributed by atoms with Gasteiger partial charge in [0.1, 0.15) is 18.3 Å². The number of ether oxygens (including phenoxy) is 1. The number of carbonyl (C=O) groups excluding carboxylic acids is 2. The molecule has 0 aliphatic carbocycles. The molecule has 0 aromatic carbocycles. The molecule has 3 amide bonds. The van der Waals surface area contributed by atoms with Crippen LogP contribution in [0.5, 0.6) is 0 Å². The van der Waals surface area contributed by atoms with Crippen molar-refractivity contribution in [2.75, 3.05) is 24.8 Å². The second-order valence-electron chi connectivity index (χ2n) is 6.79. The molecule has 3 rings (SSSR count). The third-order valence-corrected chi connectivity index (χ3v) is 5.22. The molecule has 1 aliphatic rings. The number of imidazole rings is 1. The number of carbonyl (C=O) groups is 2. The molecule has 6 N–H and O–H groups in total. The summed E-state index contributed by atoms with van der Waals surface area (Å²) in [4.78, 5) is 36.8. The van der Waals surface area contributed by atoms with Gasteiger partial charge in [0, 0.05) is 13.0 Å². The largest absolute Gasteiger partial charge is 0.396 e. The zero-order chi connectivity index (χ0) is 22.5. The van der Waals surface area contributed by atoms with Crippen molar-refractivity contribution in [3.05, 3.63) is 6.33 Å². The second-order valence-corrected chi connectivity index (χ2v) is 7.57. The monoisotopic (exact) mass is 456 g/mol. The van der Waals surface area contributed by atoms with Crippen LogP contribution in [0.4, 0.5) is 10.6 Å². The number of thioether (sulfide) groups is 1. The first kappa shape index (κ1) is 23.3. The Labute approximate surface area is 180 Å². The number of hydrogen-bond acceptors (Lipinski definition) is 11. The van der Waals surface area contributed by atoms with Crippen molar-refractivity contribution in [1.29, 1.82) is 0 Å². The molecule has 1 saturated heterocycles. The number of nitrogens with one attached hydrogen (secondary N) is 2. The van der Waals surface area contributed by atoms with E-state index in [9.17, 15) is 24.9 Å². The van der Waals surface area contributed by atoms with Crippen LogP contribution in [0, 0.1) is 0 Å². The highest BCUT2D eigenvalue weighted by Crippen LogP contribution is 2.33. The van der Waals surface area contributed by atoms with Crippen molar-refractivity contribution in [2.45, 2.75) is 49.0 Å². The molecule has 14 heteroatoms. The van der Waals surface area contributed by atoms with Gasteiger partial charge < -0.3 is 25.2 Å². The summed E-state index contributed by atoms with van der Waals surface area (Å²) in [5.41, 5.74) is 0.400. The third-order valence-electron chi connectivity index (χ3n) is 4.67. The van der Waals surface area contributed by atoms with Gasteiger partial charge in [-0.05, 0) is 19.1 Å². The van der Waals surface area contributed by atoms with E-state index in [0.29, 0.717) is 12.8 Å². The highest BCUT2D eigenvalue weighted by Gasteiger charge is 2.44. The summed E-state index contributed by atoms with van der Waals surface area (Å²) in [7, 11) is 0. The smallest absolute Gasteiger partial charge is 0.327 e. The van der Waals surface area contributed by atoms with E-state index in [0.717, 1.165) is 0 Å². The van der Waals surface area contributed by atoms with Crippen LogP contribution >= 0.6 is 11.8 Å². The Kier molecular flexibility index (Phi) is 7.74. The van der Waals surface area contributed by atoms with Crippen LogP contribution < -0.4 is 10.6 Å². The number of fused-ring (bicyclic) bond motifs is 1. The lowest BCUT2D eigenvalue weighted by atomic mass is 10.1. The third kappa shape index (κ3) is 5.11. The number of aliphatic hydroxyl groups excluding tert-OH is 4. The first-order chi connectivity index (χ1) is 14.9. The van der Waals surface area contributed by atoms with E-state index in [1.54, 1.807) is 6.26 Å². The molecule has 3 heterocycles. The molecular formula is C17H24N6O7S. The van der Waals surface area contributed by atoms with Crippen LogP contribution in [0.1, 0.15) is 25.5 Å². The summed E-state index contributed by atoms with van der Waals surface area (Å²) < 4.78 is 6.90. The number of amides is 3. The van der Waals surface area contributed by atoms with Gasteiger partial charge in [-0.25, -0.2) is 19.7 Å². The Hall–Kier alpha value is -2.36. The summed E-state index contributed by atoms with van der Waals surface area (Å²) in [5.74, 6) is -0.459. The zero-order valence-corrected chi connectivity index (χ0v) is 17.4. The zero-order valence-electron chi connectivity index (χ0n) is 16.6. The molecule has 0 spiro atoms. The summed E-state index contributed by atoms with van der Waals surface area (Å²) in [6.07, 6.45) is -0.640. The lowest BCUT2D eigenvalue weighted by molar-refractivity contribution is -0.120. The maximum atomic E-state index is 12.2. The van der Waals surface area contributed by atoms with Gasteiger partial charge in [0.05, 0.1) is 12.9 Å². The van der Waals surface area contributed by atoms with Crippen molar-refractivity contribution in [2.24, 2.45) is 0 Å². The average molecular weight is 456 g/mol. The maximum absolute atomic E-state index is 12.2. The van der Waals surface area contributed by atoms with Crippen molar-refractivity contribution < 1.29 is 34.8 Å². The molecule has 2 aromatic rings. The standard InChI is InChI=1S/C17H24N6O7S/c1-31-17-21-13(20-16(29)19-9(26)4-2-3-5-24)10-14(22-17)23(7-18-10)15-12(28)11(27)8(6-25)30-15/h7-8,11-12,15,24-25,27-28H,2-6H2,1H3,(H2,19,20,21,22,26,29)/t8-,11-,12-,15-/m1/s1. The van der Waals surface area contributed by atoms with Crippen LogP contribution in [-0.2, 0) is 9.53 Å². The maximum Gasteiger partial charge on any atom is 0.327 e. The van der Waals surface area contributed by atoms with Crippen LogP contribution in [0.2, 0.25) is 0 Å². The molecule has 0 bridgehead atoms. The molecule has 4 atom stereocenters.